The van der Waals surface area contributed by atoms with Crippen molar-refractivity contribution in [3.05, 3.63) is 54.2 Å². The van der Waals surface area contributed by atoms with E-state index in [9.17, 15) is 4.79 Å². The van der Waals surface area contributed by atoms with Gasteiger partial charge < -0.3 is 10.1 Å². The molecule has 0 aromatic heterocycles. The number of hydrogen-bond acceptors (Lipinski definition) is 4. The van der Waals surface area contributed by atoms with Gasteiger partial charge >= 0.3 is 5.97 Å². The first-order valence-corrected chi connectivity index (χ1v) is 6.27. The summed E-state index contributed by atoms with van der Waals surface area (Å²) in [6.45, 7) is 1.94. The lowest BCUT2D eigenvalue weighted by molar-refractivity contribution is -0.138. The molecule has 2 rings (SSSR count). The minimum Gasteiger partial charge on any atom is -0.462 e. The number of carbonyl (C=O) groups is 1. The van der Waals surface area contributed by atoms with E-state index in [1.54, 1.807) is 6.92 Å². The molecule has 4 nitrogen and oxygen atoms in total. The predicted molar refractivity (Wildman–Crippen MR) is 77.9 cm³/mol. The summed E-state index contributed by atoms with van der Waals surface area (Å²) in [5.74, 6) is -0.622. The summed E-state index contributed by atoms with van der Waals surface area (Å²) < 4.78 is 4.78. The summed E-state index contributed by atoms with van der Waals surface area (Å²) in [7, 11) is 0. The fourth-order valence-corrected chi connectivity index (χ4v) is 1.78. The zero-order valence-corrected chi connectivity index (χ0v) is 11.1. The van der Waals surface area contributed by atoms with Gasteiger partial charge in [-0.05, 0) is 29.8 Å². The van der Waals surface area contributed by atoms with E-state index in [-0.39, 0.29) is 12.2 Å². The molecular weight excluding hydrogens is 252 g/mol. The third-order valence-electron chi connectivity index (χ3n) is 2.75. The van der Waals surface area contributed by atoms with Gasteiger partial charge in [0.15, 0.2) is 5.57 Å². The van der Waals surface area contributed by atoms with Gasteiger partial charge in [0.1, 0.15) is 6.07 Å². The van der Waals surface area contributed by atoms with Crippen molar-refractivity contribution in [1.29, 1.82) is 5.26 Å². The van der Waals surface area contributed by atoms with E-state index in [0.29, 0.717) is 0 Å². The molecule has 100 valence electrons. The number of nitrogens with zero attached hydrogens (tertiary/aromatic N) is 1. The van der Waals surface area contributed by atoms with Crippen molar-refractivity contribution in [2.45, 2.75) is 6.92 Å². The number of nitrogens with one attached hydrogen (secondary N) is 1. The summed E-state index contributed by atoms with van der Waals surface area (Å²) in [5, 5.41) is 14.1. The molecule has 0 aliphatic carbocycles. The molecule has 0 bridgehead atoms. The summed E-state index contributed by atoms with van der Waals surface area (Å²) >= 11 is 0. The molecule has 2 aromatic carbocycles. The van der Waals surface area contributed by atoms with Crippen molar-refractivity contribution in [2.24, 2.45) is 0 Å². The molecule has 0 spiro atoms. The van der Waals surface area contributed by atoms with Crippen LogP contribution in [0.4, 0.5) is 5.69 Å². The van der Waals surface area contributed by atoms with E-state index in [0.717, 1.165) is 16.5 Å². The molecule has 0 unspecified atom stereocenters. The molecule has 0 aliphatic rings. The van der Waals surface area contributed by atoms with Gasteiger partial charge in [-0.2, -0.15) is 5.26 Å². The second-order valence-electron chi connectivity index (χ2n) is 4.10. The Hall–Kier alpha value is -2.80. The molecule has 0 aliphatic heterocycles. The Labute approximate surface area is 117 Å². The van der Waals surface area contributed by atoms with E-state index in [4.69, 9.17) is 10.00 Å². The summed E-state index contributed by atoms with van der Waals surface area (Å²) in [6.07, 6.45) is 1.36. The van der Waals surface area contributed by atoms with Gasteiger partial charge in [-0.25, -0.2) is 4.79 Å². The molecule has 0 atom stereocenters. The van der Waals surface area contributed by atoms with Gasteiger partial charge in [-0.1, -0.05) is 30.3 Å². The average molecular weight is 266 g/mol. The number of benzene rings is 2. The molecule has 20 heavy (non-hydrogen) atoms. The first kappa shape index (κ1) is 13.6. The zero-order chi connectivity index (χ0) is 14.4. The SMILES string of the molecule is CCOC(=O)/C(C#N)=C/Nc1ccc2ccccc2c1. The lowest BCUT2D eigenvalue weighted by atomic mass is 10.1. The number of nitriles is 1. The van der Waals surface area contributed by atoms with Crippen molar-refractivity contribution in [2.75, 3.05) is 11.9 Å². The van der Waals surface area contributed by atoms with Gasteiger partial charge in [0, 0.05) is 11.9 Å². The smallest absolute Gasteiger partial charge is 0.350 e. The van der Waals surface area contributed by atoms with Gasteiger partial charge in [-0.15, -0.1) is 0 Å². The fourth-order valence-electron chi connectivity index (χ4n) is 1.78. The van der Waals surface area contributed by atoms with Gasteiger partial charge in [0.2, 0.25) is 0 Å². The monoisotopic (exact) mass is 266 g/mol. The third-order valence-corrected chi connectivity index (χ3v) is 2.75. The Morgan fingerprint density at radius 1 is 1.30 bits per heavy atom. The number of fused-ring (bicyclic) bond motifs is 1. The first-order valence-electron chi connectivity index (χ1n) is 6.27. The Kier molecular flexibility index (Phi) is 4.35. The molecule has 4 heteroatoms. The van der Waals surface area contributed by atoms with Crippen molar-refractivity contribution in [1.82, 2.24) is 0 Å². The van der Waals surface area contributed by atoms with Gasteiger partial charge in [-0.3, -0.25) is 0 Å². The highest BCUT2D eigenvalue weighted by Crippen LogP contribution is 2.19. The van der Waals surface area contributed by atoms with Gasteiger partial charge in [0.05, 0.1) is 6.61 Å². The minimum atomic E-state index is -0.622. The topological polar surface area (TPSA) is 62.1 Å². The fraction of sp³-hybridized carbons (Fsp3) is 0.125. The van der Waals surface area contributed by atoms with E-state index >= 15 is 0 Å². The molecule has 0 fully saturated rings. The average Bonchev–Trinajstić information content (AvgIpc) is 2.48. The van der Waals surface area contributed by atoms with Crippen molar-refractivity contribution in [3.8, 4) is 6.07 Å². The maximum atomic E-state index is 11.5. The second-order valence-corrected chi connectivity index (χ2v) is 4.10. The molecule has 1 N–H and O–H groups in total. The molecule has 2 aromatic rings. The van der Waals surface area contributed by atoms with E-state index in [1.807, 2.05) is 48.5 Å². The molecular formula is C16H14N2O2. The second kappa shape index (κ2) is 6.39. The Morgan fingerprint density at radius 2 is 2.05 bits per heavy atom. The molecule has 0 amide bonds. The van der Waals surface area contributed by atoms with Crippen LogP contribution in [0.3, 0.4) is 0 Å². The van der Waals surface area contributed by atoms with Crippen LogP contribution in [0, 0.1) is 11.3 Å². The minimum absolute atomic E-state index is 0.0555. The number of hydrogen-bond donors (Lipinski definition) is 1. The van der Waals surface area contributed by atoms with Crippen LogP contribution in [0.5, 0.6) is 0 Å². The predicted octanol–water partition coefficient (Wildman–Crippen LogP) is 3.22. The number of carbonyl (C=O) groups excluding carboxylic acids is 1. The molecule has 0 saturated heterocycles. The van der Waals surface area contributed by atoms with Gasteiger partial charge in [0.25, 0.3) is 0 Å². The highest BCUT2D eigenvalue weighted by molar-refractivity contribution is 5.93. The lowest BCUT2D eigenvalue weighted by Crippen LogP contribution is -2.07. The zero-order valence-electron chi connectivity index (χ0n) is 11.1. The highest BCUT2D eigenvalue weighted by atomic mass is 16.5. The van der Waals surface area contributed by atoms with Crippen LogP contribution < -0.4 is 5.32 Å². The van der Waals surface area contributed by atoms with Crippen molar-refractivity contribution < 1.29 is 9.53 Å². The first-order chi connectivity index (χ1) is 9.74. The third kappa shape index (κ3) is 3.15. The Morgan fingerprint density at radius 3 is 2.75 bits per heavy atom. The van der Waals surface area contributed by atoms with Crippen molar-refractivity contribution >= 4 is 22.4 Å². The molecule has 0 heterocycles. The highest BCUT2D eigenvalue weighted by Gasteiger charge is 2.08. The Balaban J connectivity index is 2.19. The van der Waals surface area contributed by atoms with Crippen LogP contribution in [0.15, 0.2) is 54.2 Å². The summed E-state index contributed by atoms with van der Waals surface area (Å²) in [5.41, 5.74) is 0.751. The number of rotatable bonds is 4. The van der Waals surface area contributed by atoms with Crippen LogP contribution in [-0.4, -0.2) is 12.6 Å². The normalized spacial score (nSPS) is 10.9. The Bertz CT molecular complexity index is 699. The maximum Gasteiger partial charge on any atom is 0.350 e. The number of anilines is 1. The maximum absolute atomic E-state index is 11.5. The van der Waals surface area contributed by atoms with E-state index < -0.39 is 5.97 Å². The van der Waals surface area contributed by atoms with Crippen LogP contribution in [0.25, 0.3) is 10.8 Å². The lowest BCUT2D eigenvalue weighted by Gasteiger charge is -2.04. The van der Waals surface area contributed by atoms with E-state index in [2.05, 4.69) is 5.32 Å². The van der Waals surface area contributed by atoms with Crippen molar-refractivity contribution in [3.63, 3.8) is 0 Å². The van der Waals surface area contributed by atoms with Crippen LogP contribution in [-0.2, 0) is 9.53 Å². The summed E-state index contributed by atoms with van der Waals surface area (Å²) in [4.78, 5) is 11.5. The molecule has 0 radical (unpaired) electrons. The number of ether oxygens (including phenoxy) is 1. The summed E-state index contributed by atoms with van der Waals surface area (Å²) in [6, 6.07) is 15.6. The van der Waals surface area contributed by atoms with E-state index in [1.165, 1.54) is 6.20 Å². The largest absolute Gasteiger partial charge is 0.462 e. The van der Waals surface area contributed by atoms with Crippen LogP contribution >= 0.6 is 0 Å². The quantitative estimate of drug-likeness (QED) is 0.524. The van der Waals surface area contributed by atoms with Crippen LogP contribution in [0.1, 0.15) is 6.92 Å². The number of esters is 1. The standard InChI is InChI=1S/C16H14N2O2/c1-2-20-16(19)14(10-17)11-18-15-8-7-12-5-3-4-6-13(12)9-15/h3-9,11,18H,2H2,1H3/b14-11+. The van der Waals surface area contributed by atoms with Crippen LogP contribution in [0.2, 0.25) is 0 Å². The molecule has 0 saturated carbocycles.